The Balaban J connectivity index is 1.81. The number of rotatable bonds is 4. The van der Waals surface area contributed by atoms with Crippen molar-refractivity contribution in [1.82, 2.24) is 4.98 Å². The van der Waals surface area contributed by atoms with Crippen molar-refractivity contribution < 1.29 is 0 Å². The molecule has 0 unspecified atom stereocenters. The zero-order valence-electron chi connectivity index (χ0n) is 12.2. The molecule has 0 aliphatic heterocycles. The first-order valence-corrected chi connectivity index (χ1v) is 8.50. The van der Waals surface area contributed by atoms with Crippen molar-refractivity contribution in [1.29, 1.82) is 5.26 Å². The number of nitriles is 1. The molecule has 3 aromatic rings. The van der Waals surface area contributed by atoms with Gasteiger partial charge in [-0.25, -0.2) is 4.98 Å². The van der Waals surface area contributed by atoms with Gasteiger partial charge < -0.3 is 0 Å². The van der Waals surface area contributed by atoms with Gasteiger partial charge in [-0.3, -0.25) is 5.43 Å². The van der Waals surface area contributed by atoms with Crippen LogP contribution in [0.4, 0.5) is 5.69 Å². The minimum atomic E-state index is 0.218. The summed E-state index contributed by atoms with van der Waals surface area (Å²) >= 11 is 13.1. The maximum atomic E-state index is 9.33. The third kappa shape index (κ3) is 3.92. The van der Waals surface area contributed by atoms with E-state index in [-0.39, 0.29) is 5.71 Å². The predicted octanol–water partition coefficient (Wildman–Crippen LogP) is 5.46. The number of hydrazone groups is 1. The van der Waals surface area contributed by atoms with Crippen LogP contribution in [0.15, 0.2) is 59.0 Å². The van der Waals surface area contributed by atoms with Crippen LogP contribution in [-0.4, -0.2) is 10.7 Å². The van der Waals surface area contributed by atoms with Gasteiger partial charge in [-0.2, -0.15) is 10.4 Å². The second-order valence-electron chi connectivity index (χ2n) is 4.74. The zero-order chi connectivity index (χ0) is 16.9. The van der Waals surface area contributed by atoms with Crippen molar-refractivity contribution in [3.05, 3.63) is 69.0 Å². The molecule has 0 saturated carbocycles. The molecule has 3 rings (SSSR count). The molecule has 0 spiro atoms. The average molecular weight is 373 g/mol. The summed E-state index contributed by atoms with van der Waals surface area (Å²) in [6.45, 7) is 0. The smallest absolute Gasteiger partial charge is 0.196 e. The normalized spacial score (nSPS) is 11.1. The highest BCUT2D eigenvalue weighted by Crippen LogP contribution is 2.24. The zero-order valence-corrected chi connectivity index (χ0v) is 14.5. The molecule has 0 saturated heterocycles. The number of hydrogen-bond donors (Lipinski definition) is 1. The van der Waals surface area contributed by atoms with Crippen molar-refractivity contribution in [2.45, 2.75) is 0 Å². The Morgan fingerprint density at radius 2 is 1.67 bits per heavy atom. The summed E-state index contributed by atoms with van der Waals surface area (Å²) in [7, 11) is 0. The van der Waals surface area contributed by atoms with E-state index in [9.17, 15) is 5.26 Å². The largest absolute Gasteiger partial charge is 0.277 e. The molecule has 0 radical (unpaired) electrons. The van der Waals surface area contributed by atoms with Crippen molar-refractivity contribution >= 4 is 45.9 Å². The lowest BCUT2D eigenvalue weighted by Gasteiger charge is -2.00. The van der Waals surface area contributed by atoms with Gasteiger partial charge in [-0.15, -0.1) is 11.3 Å². The van der Waals surface area contributed by atoms with E-state index in [1.165, 1.54) is 11.3 Å². The van der Waals surface area contributed by atoms with E-state index in [1.54, 1.807) is 36.4 Å². The third-order valence-corrected chi connectivity index (χ3v) is 4.45. The summed E-state index contributed by atoms with van der Waals surface area (Å²) in [5.41, 5.74) is 5.50. The molecular weight excluding hydrogens is 363 g/mol. The van der Waals surface area contributed by atoms with E-state index in [4.69, 9.17) is 23.2 Å². The first kappa shape index (κ1) is 16.5. The second kappa shape index (κ2) is 7.45. The van der Waals surface area contributed by atoms with Crippen LogP contribution in [0.25, 0.3) is 11.3 Å². The highest BCUT2D eigenvalue weighted by atomic mass is 35.5. The number of thiazole rings is 1. The summed E-state index contributed by atoms with van der Waals surface area (Å²) in [5.74, 6) is 0. The predicted molar refractivity (Wildman–Crippen MR) is 99.8 cm³/mol. The lowest BCUT2D eigenvalue weighted by Crippen LogP contribution is -2.01. The average Bonchev–Trinajstić information content (AvgIpc) is 3.08. The van der Waals surface area contributed by atoms with Crippen LogP contribution in [0.2, 0.25) is 10.0 Å². The maximum Gasteiger partial charge on any atom is 0.196 e. The van der Waals surface area contributed by atoms with Crippen LogP contribution in [0.1, 0.15) is 5.01 Å². The van der Waals surface area contributed by atoms with Crippen LogP contribution in [-0.2, 0) is 0 Å². The highest BCUT2D eigenvalue weighted by Gasteiger charge is 2.10. The molecular formula is C17H10Cl2N4S. The number of anilines is 1. The number of aromatic nitrogens is 1. The van der Waals surface area contributed by atoms with Crippen LogP contribution in [0.3, 0.4) is 0 Å². The molecule has 0 aliphatic carbocycles. The van der Waals surface area contributed by atoms with Gasteiger partial charge in [0, 0.05) is 21.0 Å². The summed E-state index contributed by atoms with van der Waals surface area (Å²) < 4.78 is 0. The SMILES string of the molecule is N#C/C(=N\Nc1ccc(Cl)cc1)c1nc(-c2ccc(Cl)cc2)cs1. The van der Waals surface area contributed by atoms with Gasteiger partial charge in [0.1, 0.15) is 6.07 Å². The van der Waals surface area contributed by atoms with E-state index in [1.807, 2.05) is 17.5 Å². The molecule has 0 bridgehead atoms. The number of nitrogens with zero attached hydrogens (tertiary/aromatic N) is 3. The maximum absolute atomic E-state index is 9.33. The van der Waals surface area contributed by atoms with E-state index < -0.39 is 0 Å². The Labute approximate surface area is 153 Å². The summed E-state index contributed by atoms with van der Waals surface area (Å²) in [6, 6.07) is 16.5. The number of halogens is 2. The van der Waals surface area contributed by atoms with Gasteiger partial charge in [0.05, 0.1) is 11.4 Å². The van der Waals surface area contributed by atoms with Crippen molar-refractivity contribution in [3.8, 4) is 17.3 Å². The minimum absolute atomic E-state index is 0.218. The molecule has 2 aromatic carbocycles. The van der Waals surface area contributed by atoms with E-state index >= 15 is 0 Å². The Morgan fingerprint density at radius 1 is 1.04 bits per heavy atom. The first-order chi connectivity index (χ1) is 11.7. The van der Waals surface area contributed by atoms with Crippen LogP contribution < -0.4 is 5.43 Å². The molecule has 1 N–H and O–H groups in total. The monoisotopic (exact) mass is 372 g/mol. The molecule has 1 heterocycles. The lowest BCUT2D eigenvalue weighted by atomic mass is 10.2. The third-order valence-electron chi connectivity index (χ3n) is 3.09. The fraction of sp³-hybridized carbons (Fsp3) is 0. The van der Waals surface area contributed by atoms with Gasteiger partial charge >= 0.3 is 0 Å². The Bertz CT molecular complexity index is 909. The van der Waals surface area contributed by atoms with Crippen LogP contribution >= 0.6 is 34.5 Å². The molecule has 1 aromatic heterocycles. The Morgan fingerprint density at radius 3 is 2.29 bits per heavy atom. The van der Waals surface area contributed by atoms with Crippen LogP contribution in [0.5, 0.6) is 0 Å². The first-order valence-electron chi connectivity index (χ1n) is 6.87. The van der Waals surface area contributed by atoms with Gasteiger partial charge in [0.2, 0.25) is 0 Å². The molecule has 0 atom stereocenters. The standard InChI is InChI=1S/C17H10Cl2N4S/c18-12-3-1-11(2-4-12)16-10-24-17(21-16)15(9-20)23-22-14-7-5-13(19)6-8-14/h1-8,10,22H/b23-15+. The summed E-state index contributed by atoms with van der Waals surface area (Å²) in [4.78, 5) is 4.47. The lowest BCUT2D eigenvalue weighted by molar-refractivity contribution is 1.31. The van der Waals surface area contributed by atoms with E-state index in [0.29, 0.717) is 15.1 Å². The highest BCUT2D eigenvalue weighted by molar-refractivity contribution is 7.12. The van der Waals surface area contributed by atoms with Crippen LogP contribution in [0, 0.1) is 11.3 Å². The molecule has 0 amide bonds. The quantitative estimate of drug-likeness (QED) is 0.488. The summed E-state index contributed by atoms with van der Waals surface area (Å²) in [6.07, 6.45) is 0. The van der Waals surface area contributed by atoms with Gasteiger partial charge in [-0.1, -0.05) is 35.3 Å². The van der Waals surface area contributed by atoms with Gasteiger partial charge in [0.25, 0.3) is 0 Å². The summed E-state index contributed by atoms with van der Waals surface area (Å²) in [5, 5.41) is 17.2. The molecule has 4 nitrogen and oxygen atoms in total. The number of hydrogen-bond acceptors (Lipinski definition) is 5. The number of nitrogens with one attached hydrogen (secondary N) is 1. The van der Waals surface area contributed by atoms with Gasteiger partial charge in [-0.05, 0) is 36.4 Å². The second-order valence-corrected chi connectivity index (χ2v) is 6.47. The minimum Gasteiger partial charge on any atom is -0.277 e. The van der Waals surface area contributed by atoms with Crippen molar-refractivity contribution in [3.63, 3.8) is 0 Å². The molecule has 24 heavy (non-hydrogen) atoms. The topological polar surface area (TPSA) is 61.1 Å². The fourth-order valence-corrected chi connectivity index (χ4v) is 2.92. The van der Waals surface area contributed by atoms with E-state index in [0.717, 1.165) is 16.9 Å². The van der Waals surface area contributed by atoms with Crippen molar-refractivity contribution in [2.75, 3.05) is 5.43 Å². The van der Waals surface area contributed by atoms with E-state index in [2.05, 4.69) is 21.6 Å². The fourth-order valence-electron chi connectivity index (χ4n) is 1.90. The van der Waals surface area contributed by atoms with Gasteiger partial charge in [0.15, 0.2) is 10.7 Å². The molecule has 0 fully saturated rings. The molecule has 7 heteroatoms. The Hall–Kier alpha value is -2.39. The Kier molecular flexibility index (Phi) is 5.11. The molecule has 118 valence electrons. The van der Waals surface area contributed by atoms with Crippen molar-refractivity contribution in [2.24, 2.45) is 5.10 Å². The molecule has 0 aliphatic rings. The number of benzene rings is 2.